The number of fused-ring (bicyclic) bond motifs is 3. The number of pyridine rings is 1. The van der Waals surface area contributed by atoms with Crippen molar-refractivity contribution in [1.82, 2.24) is 25.5 Å². The maximum atomic E-state index is 15.0. The number of anilines is 1. The summed E-state index contributed by atoms with van der Waals surface area (Å²) in [6.07, 6.45) is 6.35. The molecule has 3 fully saturated rings. The Morgan fingerprint density at radius 1 is 1.03 bits per heavy atom. The smallest absolute Gasteiger partial charge is 0.408 e. The van der Waals surface area contributed by atoms with Gasteiger partial charge >= 0.3 is 6.09 Å². The average molecular weight is 973 g/mol. The minimum absolute atomic E-state index is 0.0552. The average Bonchev–Trinajstić information content (AvgIpc) is 3.69. The van der Waals surface area contributed by atoms with Crippen molar-refractivity contribution >= 4 is 64.2 Å². The number of nitrogens with zero attached hydrogens (tertiary/aromatic N) is 3. The molecule has 20 heteroatoms. The largest absolute Gasteiger partial charge is 0.495 e. The van der Waals surface area contributed by atoms with E-state index in [9.17, 15) is 37.0 Å². The first-order chi connectivity index (χ1) is 31.6. The van der Waals surface area contributed by atoms with Gasteiger partial charge in [0.2, 0.25) is 19.2 Å². The Kier molecular flexibility index (Phi) is 14.2. The molecule has 354 valence electrons. The van der Waals surface area contributed by atoms with Crippen LogP contribution in [0.25, 0.3) is 22.3 Å². The summed E-state index contributed by atoms with van der Waals surface area (Å²) in [7, 11) is -3.32. The molecule has 6 atom stereocenters. The van der Waals surface area contributed by atoms with Gasteiger partial charge < -0.3 is 40.0 Å². The number of benzene rings is 2. The number of hydrogen-bond donors (Lipinski definition) is 4. The second-order valence-electron chi connectivity index (χ2n) is 17.8. The standard InChI is InChI=1S/C46H53ClF3N6O8PS/c1-25(2)51-44-53-35(24-66-44)34-20-38(29-15-18-37(62-3)39(47)41(29)52-34)63-28-19-36-42(57)55-46(65(60,61)23-30-31(48)16-17-32(49)40(30)50)21-26(46)11-7-5-4-6-8-14-33(43(58)56(36)22-28)54-45(59)64-27-12-9-10-13-27/h7,11,15-18,20,24-28,33,36H,4-6,8-10,12-14,19,21-23H2,1-3H3,(H,51,53)(H,54,59)(H,55,57)(H,60,61)/b11-7-/t26-,28-,33?,36+,46+/m1/s1. The number of ether oxygens (including phenoxy) is 3. The number of carbonyl (C=O) groups is 3. The maximum absolute atomic E-state index is 15.0. The highest BCUT2D eigenvalue weighted by Crippen LogP contribution is 2.71. The van der Waals surface area contributed by atoms with E-state index in [4.69, 9.17) is 35.8 Å². The molecule has 0 radical (unpaired) electrons. The van der Waals surface area contributed by atoms with Gasteiger partial charge in [-0.25, -0.2) is 27.9 Å². The molecule has 0 spiro atoms. The van der Waals surface area contributed by atoms with Crippen LogP contribution in [0.3, 0.4) is 0 Å². The van der Waals surface area contributed by atoms with Gasteiger partial charge in [-0.05, 0) is 89.5 Å². The van der Waals surface area contributed by atoms with Crippen molar-refractivity contribution in [3.63, 3.8) is 0 Å². The van der Waals surface area contributed by atoms with Crippen LogP contribution in [-0.2, 0) is 25.1 Å². The Morgan fingerprint density at radius 3 is 2.55 bits per heavy atom. The maximum Gasteiger partial charge on any atom is 0.408 e. The quantitative estimate of drug-likeness (QED) is 0.0639. The Labute approximate surface area is 389 Å². The summed E-state index contributed by atoms with van der Waals surface area (Å²) in [6.45, 7) is 3.83. The van der Waals surface area contributed by atoms with Crippen LogP contribution in [0.5, 0.6) is 11.5 Å². The third-order valence-corrected chi connectivity index (χ3v) is 16.5. The van der Waals surface area contributed by atoms with Crippen molar-refractivity contribution in [3.05, 3.63) is 75.9 Å². The van der Waals surface area contributed by atoms with Gasteiger partial charge in [0, 0.05) is 40.8 Å². The van der Waals surface area contributed by atoms with E-state index in [-0.39, 0.29) is 43.0 Å². The van der Waals surface area contributed by atoms with Crippen LogP contribution in [0, 0.1) is 23.4 Å². The predicted molar refractivity (Wildman–Crippen MR) is 244 cm³/mol. The van der Waals surface area contributed by atoms with Crippen LogP contribution in [0.2, 0.25) is 5.02 Å². The Bertz CT molecular complexity index is 2580. The Balaban J connectivity index is 1.15. The molecule has 2 aliphatic carbocycles. The van der Waals surface area contributed by atoms with Gasteiger partial charge in [0.05, 0.1) is 31.0 Å². The van der Waals surface area contributed by atoms with Crippen LogP contribution in [0.4, 0.5) is 23.1 Å². The topological polar surface area (TPSA) is 181 Å². The van der Waals surface area contributed by atoms with E-state index in [1.807, 2.05) is 25.3 Å². The number of hydrogen-bond acceptors (Lipinski definition) is 11. The molecule has 8 rings (SSSR count). The summed E-state index contributed by atoms with van der Waals surface area (Å²) >= 11 is 8.24. The molecule has 66 heavy (non-hydrogen) atoms. The number of halogens is 4. The summed E-state index contributed by atoms with van der Waals surface area (Å²) in [5.74, 6) is -5.64. The normalized spacial score (nSPS) is 25.3. The lowest BCUT2D eigenvalue weighted by atomic mass is 10.0. The third kappa shape index (κ3) is 10.0. The molecule has 2 aromatic heterocycles. The summed E-state index contributed by atoms with van der Waals surface area (Å²) < 4.78 is 76.7. The Hall–Kier alpha value is -4.90. The molecule has 2 aliphatic heterocycles. The van der Waals surface area contributed by atoms with E-state index in [1.165, 1.54) is 23.3 Å². The number of methoxy groups -OCH3 is 1. The van der Waals surface area contributed by atoms with Crippen molar-refractivity contribution in [3.8, 4) is 22.9 Å². The van der Waals surface area contributed by atoms with E-state index in [0.717, 1.165) is 12.8 Å². The summed E-state index contributed by atoms with van der Waals surface area (Å²) in [5, 5.41) is 10.2. The third-order valence-electron chi connectivity index (χ3n) is 12.7. The molecule has 3 amide bonds. The van der Waals surface area contributed by atoms with E-state index in [0.29, 0.717) is 89.6 Å². The SMILES string of the molecule is COc1ccc2c(O[C@@H]3C[C@H]4C(=O)N[C@]5(P(=O)(O)Cc6c(F)ccc(F)c6F)C[C@H]5/C=C\CCCCCC(NC(=O)OC5CCCC5)C(=O)N4C3)cc(-c3csc(NC(C)C)n3)nc2c1Cl. The molecule has 0 bridgehead atoms. The van der Waals surface area contributed by atoms with E-state index >= 15 is 0 Å². The van der Waals surface area contributed by atoms with Crippen LogP contribution in [0.15, 0.2) is 47.9 Å². The van der Waals surface area contributed by atoms with Gasteiger partial charge in [-0.15, -0.1) is 11.3 Å². The molecule has 4 aromatic rings. The number of amides is 3. The molecule has 1 saturated heterocycles. The van der Waals surface area contributed by atoms with Gasteiger partial charge in [-0.2, -0.15) is 0 Å². The van der Waals surface area contributed by atoms with Gasteiger partial charge in [0.15, 0.2) is 16.8 Å². The lowest BCUT2D eigenvalue weighted by molar-refractivity contribution is -0.140. The molecular weight excluding hydrogens is 920 g/mol. The molecule has 2 saturated carbocycles. The minimum Gasteiger partial charge on any atom is -0.495 e. The van der Waals surface area contributed by atoms with Gasteiger partial charge in [-0.1, -0.05) is 36.6 Å². The van der Waals surface area contributed by atoms with Crippen LogP contribution < -0.4 is 25.4 Å². The minimum atomic E-state index is -4.80. The summed E-state index contributed by atoms with van der Waals surface area (Å²) in [5.41, 5.74) is 0.394. The zero-order chi connectivity index (χ0) is 46.9. The highest BCUT2D eigenvalue weighted by Gasteiger charge is 2.66. The zero-order valence-electron chi connectivity index (χ0n) is 36.8. The van der Waals surface area contributed by atoms with Gasteiger partial charge in [-0.3, -0.25) is 14.2 Å². The van der Waals surface area contributed by atoms with Crippen molar-refractivity contribution < 1.29 is 51.2 Å². The highest BCUT2D eigenvalue weighted by molar-refractivity contribution is 7.59. The van der Waals surface area contributed by atoms with Crippen molar-refractivity contribution in [1.29, 1.82) is 0 Å². The number of carbonyl (C=O) groups excluding carboxylic acids is 3. The molecule has 4 aliphatic rings. The number of aromatic nitrogens is 2. The van der Waals surface area contributed by atoms with Crippen LogP contribution >= 0.6 is 30.3 Å². The fourth-order valence-electron chi connectivity index (χ4n) is 9.20. The number of alkyl carbamates (subject to hydrolysis) is 1. The van der Waals surface area contributed by atoms with Crippen molar-refractivity contribution in [2.45, 2.75) is 126 Å². The predicted octanol–water partition coefficient (Wildman–Crippen LogP) is 9.47. The number of thiazole rings is 1. The zero-order valence-corrected chi connectivity index (χ0v) is 39.3. The molecule has 4 heterocycles. The number of nitrogens with one attached hydrogen (secondary N) is 3. The molecule has 2 aromatic carbocycles. The first-order valence-corrected chi connectivity index (χ1v) is 25.4. The number of rotatable bonds is 11. The van der Waals surface area contributed by atoms with Gasteiger partial charge in [0.25, 0.3) is 0 Å². The van der Waals surface area contributed by atoms with E-state index in [1.54, 1.807) is 24.3 Å². The summed E-state index contributed by atoms with van der Waals surface area (Å²) in [6, 6.07) is 4.07. The molecule has 2 unspecified atom stereocenters. The monoisotopic (exact) mass is 972 g/mol. The lowest BCUT2D eigenvalue weighted by Gasteiger charge is -2.31. The second-order valence-corrected chi connectivity index (χ2v) is 21.5. The second kappa shape index (κ2) is 19.7. The van der Waals surface area contributed by atoms with Crippen molar-refractivity contribution in [2.24, 2.45) is 5.92 Å². The first-order valence-electron chi connectivity index (χ1n) is 22.3. The van der Waals surface area contributed by atoms with E-state index < -0.39 is 83.8 Å². The molecule has 14 nitrogen and oxygen atoms in total. The fraction of sp³-hybridized carbons (Fsp3) is 0.500. The molecular formula is C46H53ClF3N6O8PS. The lowest BCUT2D eigenvalue weighted by Crippen LogP contribution is -2.55. The Morgan fingerprint density at radius 2 is 1.79 bits per heavy atom. The number of allylic oxidation sites excluding steroid dienone is 1. The van der Waals surface area contributed by atoms with Gasteiger partial charge in [0.1, 0.15) is 57.6 Å². The summed E-state index contributed by atoms with van der Waals surface area (Å²) in [4.78, 5) is 65.7. The van der Waals surface area contributed by atoms with Crippen LogP contribution in [-0.4, -0.2) is 86.9 Å². The molecule has 4 N–H and O–H groups in total. The fourth-order valence-corrected chi connectivity index (χ4v) is 12.7. The van der Waals surface area contributed by atoms with Crippen molar-refractivity contribution in [2.75, 3.05) is 19.0 Å². The van der Waals surface area contributed by atoms with Crippen LogP contribution in [0.1, 0.15) is 90.0 Å². The van der Waals surface area contributed by atoms with E-state index in [2.05, 4.69) is 16.0 Å². The first kappa shape index (κ1) is 47.6. The highest BCUT2D eigenvalue weighted by atomic mass is 35.5.